The number of anilines is 1. The van der Waals surface area contributed by atoms with Crippen LogP contribution in [0.3, 0.4) is 0 Å². The molecule has 0 aliphatic heterocycles. The lowest BCUT2D eigenvalue weighted by Gasteiger charge is -2.16. The molecule has 0 saturated heterocycles. The van der Waals surface area contributed by atoms with Gasteiger partial charge in [-0.2, -0.15) is 0 Å². The molecule has 4 aromatic heterocycles. The number of benzene rings is 1. The lowest BCUT2D eigenvalue weighted by molar-refractivity contribution is 0.137. The molecule has 5 rings (SSSR count). The molecule has 0 bridgehead atoms. The smallest absolute Gasteiger partial charge is 0.137 e. The number of H-pyrrole nitrogens is 1. The van der Waals surface area contributed by atoms with E-state index in [-0.39, 0.29) is 6.10 Å². The van der Waals surface area contributed by atoms with E-state index >= 15 is 0 Å². The van der Waals surface area contributed by atoms with E-state index in [4.69, 9.17) is 16.3 Å². The van der Waals surface area contributed by atoms with Crippen molar-refractivity contribution >= 4 is 28.5 Å². The second kappa shape index (κ2) is 9.40. The fourth-order valence-electron chi connectivity index (χ4n) is 3.83. The Hall–Kier alpha value is -3.74. The minimum Gasteiger partial charge on any atom is -0.372 e. The van der Waals surface area contributed by atoms with E-state index < -0.39 is 0 Å². The fourth-order valence-corrected chi connectivity index (χ4v) is 3.96. The number of hydrogen-bond donors (Lipinski definition) is 2. The molecule has 6 nitrogen and oxygen atoms in total. The van der Waals surface area contributed by atoms with Gasteiger partial charge in [0.25, 0.3) is 0 Å². The molecule has 0 aliphatic rings. The van der Waals surface area contributed by atoms with Gasteiger partial charge in [0.05, 0.1) is 0 Å². The Morgan fingerprint density at radius 2 is 1.88 bits per heavy atom. The Bertz CT molecular complexity index is 1350. The van der Waals surface area contributed by atoms with Crippen LogP contribution < -0.4 is 5.32 Å². The lowest BCUT2D eigenvalue weighted by atomic mass is 10.0. The highest BCUT2D eigenvalue weighted by Crippen LogP contribution is 2.33. The zero-order valence-electron chi connectivity index (χ0n) is 18.0. The van der Waals surface area contributed by atoms with E-state index in [1.54, 1.807) is 13.3 Å². The number of ether oxygens (including phenoxy) is 1. The summed E-state index contributed by atoms with van der Waals surface area (Å²) in [6.45, 7) is 0.669. The van der Waals surface area contributed by atoms with Gasteiger partial charge < -0.3 is 15.0 Å². The van der Waals surface area contributed by atoms with Gasteiger partial charge in [0, 0.05) is 77.3 Å². The molecule has 0 aliphatic carbocycles. The molecule has 0 fully saturated rings. The maximum atomic E-state index is 5.95. The van der Waals surface area contributed by atoms with E-state index in [0.717, 1.165) is 49.7 Å². The van der Waals surface area contributed by atoms with E-state index in [0.29, 0.717) is 6.54 Å². The van der Waals surface area contributed by atoms with Crippen molar-refractivity contribution in [1.82, 2.24) is 19.9 Å². The summed E-state index contributed by atoms with van der Waals surface area (Å²) < 4.78 is 5.88. The molecule has 5 aromatic rings. The lowest BCUT2D eigenvalue weighted by Crippen LogP contribution is -2.05. The Balaban J connectivity index is 1.38. The molecule has 7 heteroatoms. The van der Waals surface area contributed by atoms with Crippen LogP contribution in [0.15, 0.2) is 85.6 Å². The fraction of sp³-hybridized carbons (Fsp3) is 0.115. The first-order valence-corrected chi connectivity index (χ1v) is 10.9. The number of rotatable bonds is 7. The van der Waals surface area contributed by atoms with Crippen LogP contribution in [0.4, 0.5) is 5.82 Å². The van der Waals surface area contributed by atoms with Gasteiger partial charge in [0.15, 0.2) is 0 Å². The molecule has 0 saturated carbocycles. The number of nitrogens with one attached hydrogen (secondary N) is 2. The van der Waals surface area contributed by atoms with Gasteiger partial charge >= 0.3 is 0 Å². The van der Waals surface area contributed by atoms with Crippen LogP contribution in [0.2, 0.25) is 5.02 Å². The van der Waals surface area contributed by atoms with E-state index in [1.165, 1.54) is 0 Å². The normalized spacial score (nSPS) is 12.1. The van der Waals surface area contributed by atoms with E-state index in [9.17, 15) is 0 Å². The van der Waals surface area contributed by atoms with Gasteiger partial charge in [-0.15, -0.1) is 0 Å². The first-order valence-electron chi connectivity index (χ1n) is 10.6. The number of aromatic amines is 1. The Morgan fingerprint density at radius 1 is 1.00 bits per heavy atom. The highest BCUT2D eigenvalue weighted by molar-refractivity contribution is 6.30. The van der Waals surface area contributed by atoms with Crippen molar-refractivity contribution in [3.8, 4) is 11.1 Å². The number of methoxy groups -OCH3 is 1. The Kier molecular flexibility index (Phi) is 6.02. The number of aromatic nitrogens is 4. The molecule has 0 spiro atoms. The predicted molar refractivity (Wildman–Crippen MR) is 131 cm³/mol. The van der Waals surface area contributed by atoms with Crippen molar-refractivity contribution in [2.75, 3.05) is 12.4 Å². The minimum atomic E-state index is -0.275. The maximum absolute atomic E-state index is 5.95. The second-order valence-corrected chi connectivity index (χ2v) is 8.11. The summed E-state index contributed by atoms with van der Waals surface area (Å²) in [6, 6.07) is 17.8. The molecule has 1 atom stereocenters. The van der Waals surface area contributed by atoms with Crippen LogP contribution in [0.25, 0.3) is 22.2 Å². The summed E-state index contributed by atoms with van der Waals surface area (Å²) in [5, 5.41) is 5.07. The van der Waals surface area contributed by atoms with Crippen molar-refractivity contribution in [1.29, 1.82) is 0 Å². The SMILES string of the molecule is COC(c1ccc(NCc2ccc(Cl)cc2)nc1)c1c[nH]c2ncc(-c3cccnc3)cc12. The van der Waals surface area contributed by atoms with Crippen LogP contribution in [-0.4, -0.2) is 27.0 Å². The van der Waals surface area contributed by atoms with Crippen LogP contribution in [0, 0.1) is 0 Å². The third-order valence-corrected chi connectivity index (χ3v) is 5.80. The maximum Gasteiger partial charge on any atom is 0.137 e. The molecular formula is C26H22ClN5O. The summed E-state index contributed by atoms with van der Waals surface area (Å²) in [7, 11) is 1.70. The topological polar surface area (TPSA) is 75.7 Å². The summed E-state index contributed by atoms with van der Waals surface area (Å²) in [5.74, 6) is 0.794. The second-order valence-electron chi connectivity index (χ2n) is 7.68. The van der Waals surface area contributed by atoms with Gasteiger partial charge in [0.2, 0.25) is 0 Å². The molecule has 33 heavy (non-hydrogen) atoms. The first-order chi connectivity index (χ1) is 16.2. The van der Waals surface area contributed by atoms with Crippen LogP contribution in [-0.2, 0) is 11.3 Å². The molecule has 164 valence electrons. The zero-order chi connectivity index (χ0) is 22.6. The molecule has 0 amide bonds. The van der Waals surface area contributed by atoms with Gasteiger partial charge in [-0.05, 0) is 35.9 Å². The molecular weight excluding hydrogens is 434 g/mol. The third-order valence-electron chi connectivity index (χ3n) is 5.55. The quantitative estimate of drug-likeness (QED) is 0.314. The van der Waals surface area contributed by atoms with E-state index in [2.05, 4.69) is 31.3 Å². The average molecular weight is 456 g/mol. The number of halogens is 1. The summed E-state index contributed by atoms with van der Waals surface area (Å²) in [5.41, 5.74) is 5.94. The Morgan fingerprint density at radius 3 is 2.61 bits per heavy atom. The van der Waals surface area contributed by atoms with Gasteiger partial charge in [-0.25, -0.2) is 9.97 Å². The number of nitrogens with zero attached hydrogens (tertiary/aromatic N) is 3. The largest absolute Gasteiger partial charge is 0.372 e. The van der Waals surface area contributed by atoms with E-state index in [1.807, 2.05) is 73.3 Å². The zero-order valence-corrected chi connectivity index (χ0v) is 18.8. The van der Waals surface area contributed by atoms with Crippen molar-refractivity contribution in [3.05, 3.63) is 107 Å². The van der Waals surface area contributed by atoms with Crippen molar-refractivity contribution < 1.29 is 4.74 Å². The highest BCUT2D eigenvalue weighted by atomic mass is 35.5. The summed E-state index contributed by atoms with van der Waals surface area (Å²) >= 11 is 5.95. The number of hydrogen-bond acceptors (Lipinski definition) is 5. The average Bonchev–Trinajstić information content (AvgIpc) is 3.28. The first kappa shape index (κ1) is 21.1. The predicted octanol–water partition coefficient (Wildman–Crippen LogP) is 6.02. The molecule has 4 heterocycles. The number of fused-ring (bicyclic) bond motifs is 1. The monoisotopic (exact) mass is 455 g/mol. The van der Waals surface area contributed by atoms with Gasteiger partial charge in [-0.3, -0.25) is 4.98 Å². The number of pyridine rings is 3. The highest BCUT2D eigenvalue weighted by Gasteiger charge is 2.19. The van der Waals surface area contributed by atoms with Crippen molar-refractivity contribution in [2.24, 2.45) is 0 Å². The molecule has 1 aromatic carbocycles. The van der Waals surface area contributed by atoms with Crippen LogP contribution in [0.5, 0.6) is 0 Å². The van der Waals surface area contributed by atoms with Gasteiger partial charge in [-0.1, -0.05) is 35.9 Å². The molecule has 1 unspecified atom stereocenters. The van der Waals surface area contributed by atoms with Crippen molar-refractivity contribution in [3.63, 3.8) is 0 Å². The van der Waals surface area contributed by atoms with Crippen LogP contribution >= 0.6 is 11.6 Å². The minimum absolute atomic E-state index is 0.275. The standard InChI is InChI=1S/C26H22ClN5O/c1-33-25(19-6-9-24(30-14-19)29-12-17-4-7-21(27)8-5-17)23-16-32-26-22(23)11-20(15-31-26)18-3-2-10-28-13-18/h2-11,13-16,25H,12H2,1H3,(H,29,30)(H,31,32). The van der Waals surface area contributed by atoms with Crippen LogP contribution in [0.1, 0.15) is 22.8 Å². The van der Waals surface area contributed by atoms with Gasteiger partial charge in [0.1, 0.15) is 17.6 Å². The molecule has 0 radical (unpaired) electrons. The van der Waals surface area contributed by atoms with Crippen molar-refractivity contribution in [2.45, 2.75) is 12.6 Å². The Labute approximate surface area is 196 Å². The molecule has 2 N–H and O–H groups in total. The third kappa shape index (κ3) is 4.58. The summed E-state index contributed by atoms with van der Waals surface area (Å²) in [4.78, 5) is 16.6. The summed E-state index contributed by atoms with van der Waals surface area (Å²) in [6.07, 6.45) is 8.97.